The Morgan fingerprint density at radius 1 is 1.16 bits per heavy atom. The summed E-state index contributed by atoms with van der Waals surface area (Å²) < 4.78 is 0. The number of hydrogen-bond acceptors (Lipinski definition) is 3. The minimum Gasteiger partial charge on any atom is -0.229 e. The van der Waals surface area contributed by atoms with E-state index in [0.717, 1.165) is 23.4 Å². The molecule has 1 heterocycles. The van der Waals surface area contributed by atoms with Crippen LogP contribution in [0.5, 0.6) is 0 Å². The standard InChI is InChI=1S/C15H17ClN2S/c1-4-5-13-14(16)17-9-18-15(13)19-12-7-6-10(2)11(3)8-12/h6-9H,4-5H2,1-3H3. The van der Waals surface area contributed by atoms with Crippen molar-refractivity contribution >= 4 is 23.4 Å². The summed E-state index contributed by atoms with van der Waals surface area (Å²) in [5.41, 5.74) is 3.65. The van der Waals surface area contributed by atoms with Crippen molar-refractivity contribution < 1.29 is 0 Å². The fourth-order valence-corrected chi connectivity index (χ4v) is 3.11. The monoisotopic (exact) mass is 292 g/mol. The quantitative estimate of drug-likeness (QED) is 0.753. The highest BCUT2D eigenvalue weighted by molar-refractivity contribution is 7.99. The Kier molecular flexibility index (Phi) is 4.83. The summed E-state index contributed by atoms with van der Waals surface area (Å²) in [4.78, 5) is 9.64. The molecule has 0 spiro atoms. The molecule has 100 valence electrons. The molecule has 2 nitrogen and oxygen atoms in total. The van der Waals surface area contributed by atoms with Gasteiger partial charge in [0.05, 0.1) is 0 Å². The minimum atomic E-state index is 0.572. The van der Waals surface area contributed by atoms with Gasteiger partial charge in [0.15, 0.2) is 0 Å². The van der Waals surface area contributed by atoms with Crippen LogP contribution in [0.15, 0.2) is 34.4 Å². The molecule has 0 fully saturated rings. The van der Waals surface area contributed by atoms with Gasteiger partial charge in [0.25, 0.3) is 0 Å². The summed E-state index contributed by atoms with van der Waals surface area (Å²) in [7, 11) is 0. The Bertz CT molecular complexity index is 584. The van der Waals surface area contributed by atoms with Gasteiger partial charge in [0, 0.05) is 10.5 Å². The highest BCUT2D eigenvalue weighted by atomic mass is 35.5. The first kappa shape index (κ1) is 14.4. The van der Waals surface area contributed by atoms with Crippen LogP contribution in [-0.4, -0.2) is 9.97 Å². The topological polar surface area (TPSA) is 25.8 Å². The van der Waals surface area contributed by atoms with Crippen molar-refractivity contribution in [2.45, 2.75) is 43.5 Å². The predicted molar refractivity (Wildman–Crippen MR) is 81.1 cm³/mol. The van der Waals surface area contributed by atoms with E-state index in [0.29, 0.717) is 5.15 Å². The highest BCUT2D eigenvalue weighted by Crippen LogP contribution is 2.32. The maximum absolute atomic E-state index is 6.17. The van der Waals surface area contributed by atoms with Crippen LogP contribution >= 0.6 is 23.4 Å². The van der Waals surface area contributed by atoms with E-state index in [1.165, 1.54) is 22.3 Å². The maximum Gasteiger partial charge on any atom is 0.136 e. The first-order chi connectivity index (χ1) is 9.11. The van der Waals surface area contributed by atoms with Gasteiger partial charge in [-0.3, -0.25) is 0 Å². The van der Waals surface area contributed by atoms with Gasteiger partial charge in [-0.1, -0.05) is 42.8 Å². The van der Waals surface area contributed by atoms with Gasteiger partial charge in [-0.05, 0) is 43.5 Å². The van der Waals surface area contributed by atoms with Gasteiger partial charge < -0.3 is 0 Å². The van der Waals surface area contributed by atoms with Crippen molar-refractivity contribution in [3.8, 4) is 0 Å². The van der Waals surface area contributed by atoms with Crippen LogP contribution in [0.4, 0.5) is 0 Å². The molecule has 4 heteroatoms. The second-order valence-electron chi connectivity index (χ2n) is 4.55. The highest BCUT2D eigenvalue weighted by Gasteiger charge is 2.10. The molecule has 0 saturated heterocycles. The molecule has 0 amide bonds. The molecule has 0 radical (unpaired) electrons. The van der Waals surface area contributed by atoms with Crippen LogP contribution < -0.4 is 0 Å². The molecule has 1 aromatic carbocycles. The molecule has 0 atom stereocenters. The molecule has 0 saturated carbocycles. The van der Waals surface area contributed by atoms with E-state index in [4.69, 9.17) is 11.6 Å². The number of nitrogens with zero attached hydrogens (tertiary/aromatic N) is 2. The lowest BCUT2D eigenvalue weighted by molar-refractivity contribution is 0.856. The van der Waals surface area contributed by atoms with Crippen molar-refractivity contribution in [2.24, 2.45) is 0 Å². The number of aryl methyl sites for hydroxylation is 2. The lowest BCUT2D eigenvalue weighted by Gasteiger charge is -2.09. The maximum atomic E-state index is 6.17. The Labute approximate surface area is 123 Å². The molecule has 1 aromatic heterocycles. The number of aromatic nitrogens is 2. The normalized spacial score (nSPS) is 10.7. The zero-order valence-electron chi connectivity index (χ0n) is 11.4. The summed E-state index contributed by atoms with van der Waals surface area (Å²) in [5.74, 6) is 0. The van der Waals surface area contributed by atoms with Crippen LogP contribution in [0.3, 0.4) is 0 Å². The van der Waals surface area contributed by atoms with Crippen LogP contribution in [0.2, 0.25) is 5.15 Å². The van der Waals surface area contributed by atoms with Gasteiger partial charge in [0.2, 0.25) is 0 Å². The number of hydrogen-bond donors (Lipinski definition) is 0. The third kappa shape index (κ3) is 3.48. The van der Waals surface area contributed by atoms with Crippen molar-refractivity contribution in [1.82, 2.24) is 9.97 Å². The zero-order valence-corrected chi connectivity index (χ0v) is 13.0. The fraction of sp³-hybridized carbons (Fsp3) is 0.333. The first-order valence-corrected chi connectivity index (χ1v) is 7.55. The number of halogens is 1. The summed E-state index contributed by atoms with van der Waals surface area (Å²) >= 11 is 7.82. The molecule has 0 aliphatic carbocycles. The Morgan fingerprint density at radius 2 is 1.95 bits per heavy atom. The van der Waals surface area contributed by atoms with E-state index < -0.39 is 0 Å². The first-order valence-electron chi connectivity index (χ1n) is 6.36. The molecular formula is C15H17ClN2S. The zero-order chi connectivity index (χ0) is 13.8. The fourth-order valence-electron chi connectivity index (χ4n) is 1.81. The summed E-state index contributed by atoms with van der Waals surface area (Å²) in [6.45, 7) is 6.38. The summed E-state index contributed by atoms with van der Waals surface area (Å²) in [6, 6.07) is 6.45. The lowest BCUT2D eigenvalue weighted by Crippen LogP contribution is -1.95. The Morgan fingerprint density at radius 3 is 2.63 bits per heavy atom. The SMILES string of the molecule is CCCc1c(Cl)ncnc1Sc1ccc(C)c(C)c1. The van der Waals surface area contributed by atoms with E-state index >= 15 is 0 Å². The van der Waals surface area contributed by atoms with Crippen molar-refractivity contribution in [2.75, 3.05) is 0 Å². The molecule has 0 unspecified atom stereocenters. The molecular weight excluding hydrogens is 276 g/mol. The smallest absolute Gasteiger partial charge is 0.136 e. The van der Waals surface area contributed by atoms with Gasteiger partial charge >= 0.3 is 0 Å². The van der Waals surface area contributed by atoms with E-state index in [1.54, 1.807) is 11.8 Å². The second-order valence-corrected chi connectivity index (χ2v) is 5.97. The van der Waals surface area contributed by atoms with Gasteiger partial charge in [-0.2, -0.15) is 0 Å². The second kappa shape index (κ2) is 6.40. The third-order valence-electron chi connectivity index (χ3n) is 3.05. The van der Waals surface area contributed by atoms with Gasteiger partial charge in [-0.15, -0.1) is 0 Å². The summed E-state index contributed by atoms with van der Waals surface area (Å²) in [6.07, 6.45) is 3.48. The van der Waals surface area contributed by atoms with Crippen LogP contribution in [0, 0.1) is 13.8 Å². The number of benzene rings is 1. The van der Waals surface area contributed by atoms with Crippen LogP contribution in [-0.2, 0) is 6.42 Å². The van der Waals surface area contributed by atoms with E-state index in [9.17, 15) is 0 Å². The largest absolute Gasteiger partial charge is 0.229 e. The average molecular weight is 293 g/mol. The lowest BCUT2D eigenvalue weighted by atomic mass is 10.1. The molecule has 0 aliphatic heterocycles. The molecule has 2 rings (SSSR count). The minimum absolute atomic E-state index is 0.572. The number of rotatable bonds is 4. The van der Waals surface area contributed by atoms with Crippen molar-refractivity contribution in [3.63, 3.8) is 0 Å². The van der Waals surface area contributed by atoms with Crippen LogP contribution in [0.25, 0.3) is 0 Å². The van der Waals surface area contributed by atoms with Gasteiger partial charge in [0.1, 0.15) is 16.5 Å². The van der Waals surface area contributed by atoms with Crippen molar-refractivity contribution in [1.29, 1.82) is 0 Å². The van der Waals surface area contributed by atoms with E-state index in [1.807, 2.05) is 0 Å². The van der Waals surface area contributed by atoms with Crippen molar-refractivity contribution in [3.05, 3.63) is 46.4 Å². The molecule has 0 bridgehead atoms. The summed E-state index contributed by atoms with van der Waals surface area (Å²) in [5, 5.41) is 1.54. The molecule has 0 N–H and O–H groups in total. The third-order valence-corrected chi connectivity index (χ3v) is 4.41. The predicted octanol–water partition coefficient (Wildman–Crippen LogP) is 4.85. The molecule has 19 heavy (non-hydrogen) atoms. The Balaban J connectivity index is 2.32. The van der Waals surface area contributed by atoms with Crippen LogP contribution in [0.1, 0.15) is 30.0 Å². The average Bonchev–Trinajstić information content (AvgIpc) is 2.38. The Hall–Kier alpha value is -1.06. The molecule has 2 aromatic rings. The molecule has 0 aliphatic rings. The van der Waals surface area contributed by atoms with Gasteiger partial charge in [-0.25, -0.2) is 9.97 Å². The van der Waals surface area contributed by atoms with E-state index in [-0.39, 0.29) is 0 Å². The van der Waals surface area contributed by atoms with E-state index in [2.05, 4.69) is 48.9 Å².